The van der Waals surface area contributed by atoms with Crippen LogP contribution >= 0.6 is 0 Å². The highest BCUT2D eigenvalue weighted by Crippen LogP contribution is 2.30. The second kappa shape index (κ2) is 8.60. The molecule has 2 aromatic carbocycles. The van der Waals surface area contributed by atoms with E-state index in [1.165, 1.54) is 12.1 Å². The first-order valence-electron chi connectivity index (χ1n) is 8.21. The molecule has 2 rings (SSSR count). The lowest BCUT2D eigenvalue weighted by Gasteiger charge is -2.14. The molecule has 0 fully saturated rings. The molecule has 0 aliphatic heterocycles. The third-order valence-corrected chi connectivity index (χ3v) is 3.63. The molecule has 4 nitrogen and oxygen atoms in total. The van der Waals surface area contributed by atoms with Gasteiger partial charge in [0.2, 0.25) is 0 Å². The number of carbonyl (C=O) groups is 1. The minimum Gasteiger partial charge on any atom is -0.491 e. The first-order valence-corrected chi connectivity index (χ1v) is 8.21. The lowest BCUT2D eigenvalue weighted by atomic mass is 10.0. The van der Waals surface area contributed by atoms with Crippen LogP contribution in [-0.2, 0) is 6.18 Å². The number of amides is 2. The van der Waals surface area contributed by atoms with Crippen LogP contribution in [0.3, 0.4) is 0 Å². The third kappa shape index (κ3) is 5.68. The Kier molecular flexibility index (Phi) is 6.49. The SMILES string of the molecule is CC(C)c1ccccc1OCCNC(=O)Nc1cccc(C(F)(F)F)c1. The van der Waals surface area contributed by atoms with Gasteiger partial charge in [-0.25, -0.2) is 4.79 Å². The van der Waals surface area contributed by atoms with Crippen molar-refractivity contribution < 1.29 is 22.7 Å². The summed E-state index contributed by atoms with van der Waals surface area (Å²) in [7, 11) is 0. The molecule has 2 amide bonds. The molecular formula is C19H21F3N2O2. The normalized spacial score (nSPS) is 11.3. The van der Waals surface area contributed by atoms with Gasteiger partial charge in [0.1, 0.15) is 12.4 Å². The highest BCUT2D eigenvalue weighted by atomic mass is 19.4. The lowest BCUT2D eigenvalue weighted by Crippen LogP contribution is -2.32. The third-order valence-electron chi connectivity index (χ3n) is 3.63. The maximum atomic E-state index is 12.7. The number of hydrogen-bond acceptors (Lipinski definition) is 2. The number of carbonyl (C=O) groups excluding carboxylic acids is 1. The van der Waals surface area contributed by atoms with Crippen molar-refractivity contribution in [2.24, 2.45) is 0 Å². The molecule has 2 N–H and O–H groups in total. The average molecular weight is 366 g/mol. The summed E-state index contributed by atoms with van der Waals surface area (Å²) in [5.74, 6) is 1.06. The zero-order valence-corrected chi connectivity index (χ0v) is 14.6. The number of ether oxygens (including phenoxy) is 1. The summed E-state index contributed by atoms with van der Waals surface area (Å²) in [6.07, 6.45) is -4.45. The number of anilines is 1. The minimum absolute atomic E-state index is 0.0726. The van der Waals surface area contributed by atoms with E-state index in [9.17, 15) is 18.0 Å². The van der Waals surface area contributed by atoms with Crippen LogP contribution in [0.2, 0.25) is 0 Å². The highest BCUT2D eigenvalue weighted by Gasteiger charge is 2.30. The van der Waals surface area contributed by atoms with E-state index in [1.807, 2.05) is 24.3 Å². The van der Waals surface area contributed by atoms with E-state index >= 15 is 0 Å². The Bertz CT molecular complexity index is 746. The molecule has 0 heterocycles. The highest BCUT2D eigenvalue weighted by molar-refractivity contribution is 5.89. The molecule has 0 aliphatic carbocycles. The number of rotatable bonds is 6. The van der Waals surface area contributed by atoms with Gasteiger partial charge in [-0.1, -0.05) is 38.1 Å². The van der Waals surface area contributed by atoms with E-state index in [0.717, 1.165) is 23.4 Å². The van der Waals surface area contributed by atoms with Crippen LogP contribution in [0.25, 0.3) is 0 Å². The summed E-state index contributed by atoms with van der Waals surface area (Å²) in [6.45, 7) is 4.59. The molecule has 0 atom stereocenters. The summed E-state index contributed by atoms with van der Waals surface area (Å²) >= 11 is 0. The Hall–Kier alpha value is -2.70. The van der Waals surface area contributed by atoms with Gasteiger partial charge in [-0.05, 0) is 35.7 Å². The van der Waals surface area contributed by atoms with Crippen molar-refractivity contribution in [3.8, 4) is 5.75 Å². The molecular weight excluding hydrogens is 345 g/mol. The van der Waals surface area contributed by atoms with Gasteiger partial charge < -0.3 is 15.4 Å². The largest absolute Gasteiger partial charge is 0.491 e. The minimum atomic E-state index is -4.45. The molecule has 0 unspecified atom stereocenters. The molecule has 0 radical (unpaired) electrons. The molecule has 0 aromatic heterocycles. The Morgan fingerprint density at radius 3 is 2.54 bits per heavy atom. The van der Waals surface area contributed by atoms with Crippen LogP contribution in [0.15, 0.2) is 48.5 Å². The van der Waals surface area contributed by atoms with Crippen molar-refractivity contribution >= 4 is 11.7 Å². The van der Waals surface area contributed by atoms with Gasteiger partial charge in [0.15, 0.2) is 0 Å². The number of nitrogens with one attached hydrogen (secondary N) is 2. The van der Waals surface area contributed by atoms with Crippen molar-refractivity contribution in [1.29, 1.82) is 0 Å². The van der Waals surface area contributed by atoms with Crippen LogP contribution in [-0.4, -0.2) is 19.2 Å². The Morgan fingerprint density at radius 1 is 1.12 bits per heavy atom. The van der Waals surface area contributed by atoms with Gasteiger partial charge in [0.25, 0.3) is 0 Å². The number of halogens is 3. The fraction of sp³-hybridized carbons (Fsp3) is 0.316. The molecule has 2 aromatic rings. The fourth-order valence-corrected chi connectivity index (χ4v) is 2.36. The second-order valence-corrected chi connectivity index (χ2v) is 6.00. The van der Waals surface area contributed by atoms with Gasteiger partial charge in [0, 0.05) is 5.69 Å². The zero-order chi connectivity index (χ0) is 19.2. The Labute approximate surface area is 150 Å². The molecule has 140 valence electrons. The van der Waals surface area contributed by atoms with Gasteiger partial charge in [-0.15, -0.1) is 0 Å². The molecule has 0 saturated heterocycles. The van der Waals surface area contributed by atoms with E-state index in [1.54, 1.807) is 0 Å². The van der Waals surface area contributed by atoms with Crippen LogP contribution in [0, 0.1) is 0 Å². The summed E-state index contributed by atoms with van der Waals surface area (Å²) in [4.78, 5) is 11.8. The van der Waals surface area contributed by atoms with E-state index < -0.39 is 17.8 Å². The molecule has 0 aliphatic rings. The Balaban J connectivity index is 1.81. The fourth-order valence-electron chi connectivity index (χ4n) is 2.36. The van der Waals surface area contributed by atoms with Crippen LogP contribution in [0.4, 0.5) is 23.7 Å². The van der Waals surface area contributed by atoms with Crippen molar-refractivity contribution in [3.63, 3.8) is 0 Å². The zero-order valence-electron chi connectivity index (χ0n) is 14.6. The van der Waals surface area contributed by atoms with E-state index in [4.69, 9.17) is 4.74 Å². The molecule has 7 heteroatoms. The first kappa shape index (κ1) is 19.6. The van der Waals surface area contributed by atoms with Crippen molar-refractivity contribution in [3.05, 3.63) is 59.7 Å². The van der Waals surface area contributed by atoms with Crippen molar-refractivity contribution in [2.75, 3.05) is 18.5 Å². The van der Waals surface area contributed by atoms with E-state index in [2.05, 4.69) is 24.5 Å². The number of benzene rings is 2. The monoisotopic (exact) mass is 366 g/mol. The second-order valence-electron chi connectivity index (χ2n) is 6.00. The topological polar surface area (TPSA) is 50.4 Å². The quantitative estimate of drug-likeness (QED) is 0.705. The van der Waals surface area contributed by atoms with Gasteiger partial charge in [0.05, 0.1) is 12.1 Å². The molecule has 0 bridgehead atoms. The van der Waals surface area contributed by atoms with Gasteiger partial charge in [-0.2, -0.15) is 13.2 Å². The van der Waals surface area contributed by atoms with Crippen LogP contribution < -0.4 is 15.4 Å². The van der Waals surface area contributed by atoms with Crippen molar-refractivity contribution in [2.45, 2.75) is 25.9 Å². The first-order chi connectivity index (χ1) is 12.3. The smallest absolute Gasteiger partial charge is 0.416 e. The predicted octanol–water partition coefficient (Wildman–Crippen LogP) is 5.03. The number of urea groups is 1. The number of alkyl halides is 3. The predicted molar refractivity (Wildman–Crippen MR) is 94.5 cm³/mol. The lowest BCUT2D eigenvalue weighted by molar-refractivity contribution is -0.137. The van der Waals surface area contributed by atoms with E-state index in [-0.39, 0.29) is 18.8 Å². The summed E-state index contributed by atoms with van der Waals surface area (Å²) in [5.41, 5.74) is 0.327. The summed E-state index contributed by atoms with van der Waals surface area (Å²) in [5, 5.41) is 4.93. The maximum Gasteiger partial charge on any atom is 0.416 e. The van der Waals surface area contributed by atoms with Gasteiger partial charge >= 0.3 is 12.2 Å². The molecule has 26 heavy (non-hydrogen) atoms. The standard InChI is InChI=1S/C19H21F3N2O2/c1-13(2)16-8-3-4-9-17(16)26-11-10-23-18(25)24-15-7-5-6-14(12-15)19(20,21)22/h3-9,12-13H,10-11H2,1-2H3,(H2,23,24,25). The van der Waals surface area contributed by atoms with Crippen LogP contribution in [0.5, 0.6) is 5.75 Å². The van der Waals surface area contributed by atoms with Crippen molar-refractivity contribution in [1.82, 2.24) is 5.32 Å². The summed E-state index contributed by atoms with van der Waals surface area (Å²) < 4.78 is 43.6. The Morgan fingerprint density at radius 2 is 1.85 bits per heavy atom. The van der Waals surface area contributed by atoms with E-state index in [0.29, 0.717) is 5.92 Å². The maximum absolute atomic E-state index is 12.7. The van der Waals surface area contributed by atoms with Gasteiger partial charge in [-0.3, -0.25) is 0 Å². The number of hydrogen-bond donors (Lipinski definition) is 2. The number of para-hydroxylation sites is 1. The molecule has 0 saturated carbocycles. The summed E-state index contributed by atoms with van der Waals surface area (Å²) in [6, 6.07) is 11.5. The van der Waals surface area contributed by atoms with Crippen LogP contribution in [0.1, 0.15) is 30.9 Å². The molecule has 0 spiro atoms. The average Bonchev–Trinajstić information content (AvgIpc) is 2.58.